The summed E-state index contributed by atoms with van der Waals surface area (Å²) in [4.78, 5) is 23.5. The average Bonchev–Trinajstić information content (AvgIpc) is 3.69. The van der Waals surface area contributed by atoms with Crippen molar-refractivity contribution >= 4 is 28.3 Å². The van der Waals surface area contributed by atoms with Gasteiger partial charge in [0.1, 0.15) is 11.6 Å². The fourth-order valence-electron chi connectivity index (χ4n) is 4.20. The van der Waals surface area contributed by atoms with Crippen molar-refractivity contribution in [2.24, 2.45) is 5.92 Å². The fourth-order valence-corrected chi connectivity index (χ4v) is 4.20. The van der Waals surface area contributed by atoms with Gasteiger partial charge in [-0.2, -0.15) is 0 Å². The summed E-state index contributed by atoms with van der Waals surface area (Å²) in [6, 6.07) is 10.3. The predicted molar refractivity (Wildman–Crippen MR) is 134 cm³/mol. The van der Waals surface area contributed by atoms with Crippen LogP contribution in [0.2, 0.25) is 0 Å². The van der Waals surface area contributed by atoms with Crippen molar-refractivity contribution in [3.63, 3.8) is 0 Å². The molecule has 174 valence electrons. The molecule has 2 fully saturated rings. The van der Waals surface area contributed by atoms with Crippen molar-refractivity contribution < 1.29 is 9.53 Å². The third kappa shape index (κ3) is 5.19. The van der Waals surface area contributed by atoms with E-state index in [1.165, 1.54) is 5.56 Å². The van der Waals surface area contributed by atoms with E-state index in [4.69, 9.17) is 4.74 Å². The molecule has 1 saturated carbocycles. The second kappa shape index (κ2) is 9.80. The van der Waals surface area contributed by atoms with Crippen LogP contribution in [0.5, 0.6) is 0 Å². The van der Waals surface area contributed by atoms with Crippen molar-refractivity contribution in [3.8, 4) is 11.8 Å². The van der Waals surface area contributed by atoms with E-state index in [9.17, 15) is 4.79 Å². The maximum atomic E-state index is 12.2. The molecule has 2 aromatic heterocycles. The lowest BCUT2D eigenvalue weighted by atomic mass is 10.1. The number of ether oxygens (including phenoxy) is 1. The quantitative estimate of drug-likeness (QED) is 0.572. The van der Waals surface area contributed by atoms with Gasteiger partial charge in [-0.15, -0.1) is 0 Å². The van der Waals surface area contributed by atoms with Gasteiger partial charge < -0.3 is 15.4 Å². The zero-order valence-electron chi connectivity index (χ0n) is 19.6. The van der Waals surface area contributed by atoms with Crippen LogP contribution in [-0.4, -0.2) is 53.6 Å². The zero-order chi connectivity index (χ0) is 23.5. The number of morpholine rings is 1. The average molecular weight is 456 g/mol. The first-order valence-corrected chi connectivity index (χ1v) is 11.8. The molecule has 34 heavy (non-hydrogen) atoms. The Balaban J connectivity index is 1.36. The number of aromatic nitrogens is 2. The Kier molecular flexibility index (Phi) is 6.43. The third-order valence-electron chi connectivity index (χ3n) is 6.24. The van der Waals surface area contributed by atoms with Gasteiger partial charge in [0.05, 0.1) is 18.3 Å². The Morgan fingerprint density at radius 2 is 1.97 bits per heavy atom. The number of carbonyl (C=O) groups excluding carboxylic acids is 1. The number of anilines is 2. The molecule has 1 aromatic carbocycles. The summed E-state index contributed by atoms with van der Waals surface area (Å²) < 4.78 is 5.63. The minimum atomic E-state index is 0.0361. The highest BCUT2D eigenvalue weighted by atomic mass is 16.5. The number of hydrogen-bond acceptors (Lipinski definition) is 6. The molecule has 1 unspecified atom stereocenters. The number of hydrogen-bond donors (Lipinski definition) is 2. The number of carbonyl (C=O) groups is 1. The van der Waals surface area contributed by atoms with Gasteiger partial charge in [-0.3, -0.25) is 9.69 Å². The maximum absolute atomic E-state index is 12.2. The molecular formula is C27H29N5O2. The van der Waals surface area contributed by atoms with E-state index in [1.54, 1.807) is 12.4 Å². The van der Waals surface area contributed by atoms with E-state index >= 15 is 0 Å². The highest BCUT2D eigenvalue weighted by Crippen LogP contribution is 2.31. The van der Waals surface area contributed by atoms with Crippen LogP contribution in [0.4, 0.5) is 11.6 Å². The van der Waals surface area contributed by atoms with Crippen LogP contribution in [-0.2, 0) is 16.1 Å². The normalized spacial score (nSPS) is 18.2. The molecule has 2 aliphatic rings. The van der Waals surface area contributed by atoms with Crippen molar-refractivity contribution in [2.75, 3.05) is 37.4 Å². The molecule has 1 aliphatic heterocycles. The van der Waals surface area contributed by atoms with Gasteiger partial charge in [-0.1, -0.05) is 24.0 Å². The van der Waals surface area contributed by atoms with Gasteiger partial charge in [-0.05, 0) is 43.5 Å². The molecule has 1 saturated heterocycles. The molecule has 0 bridgehead atoms. The van der Waals surface area contributed by atoms with E-state index in [1.807, 2.05) is 13.1 Å². The summed E-state index contributed by atoms with van der Waals surface area (Å²) in [5.74, 6) is 7.97. The van der Waals surface area contributed by atoms with E-state index in [0.29, 0.717) is 5.82 Å². The van der Waals surface area contributed by atoms with E-state index in [-0.39, 0.29) is 17.9 Å². The van der Waals surface area contributed by atoms with Crippen molar-refractivity contribution in [1.29, 1.82) is 0 Å². The number of pyridine rings is 2. The Morgan fingerprint density at radius 1 is 1.15 bits per heavy atom. The lowest BCUT2D eigenvalue weighted by Gasteiger charge is -2.31. The topological polar surface area (TPSA) is 79.4 Å². The molecule has 1 aliphatic carbocycles. The molecular weight excluding hydrogens is 426 g/mol. The van der Waals surface area contributed by atoms with Crippen LogP contribution in [0.1, 0.15) is 36.5 Å². The number of benzene rings is 1. The van der Waals surface area contributed by atoms with Crippen molar-refractivity contribution in [2.45, 2.75) is 32.4 Å². The number of amides is 1. The summed E-state index contributed by atoms with van der Waals surface area (Å²) in [6.07, 6.45) is 5.70. The van der Waals surface area contributed by atoms with Crippen molar-refractivity contribution in [1.82, 2.24) is 14.9 Å². The lowest BCUT2D eigenvalue weighted by Crippen LogP contribution is -2.40. The van der Waals surface area contributed by atoms with E-state index in [2.05, 4.69) is 68.5 Å². The smallest absolute Gasteiger partial charge is 0.228 e. The minimum absolute atomic E-state index is 0.0361. The highest BCUT2D eigenvalue weighted by Gasteiger charge is 2.29. The minimum Gasteiger partial charge on any atom is -0.376 e. The van der Waals surface area contributed by atoms with Crippen molar-refractivity contribution in [3.05, 3.63) is 59.4 Å². The van der Waals surface area contributed by atoms with Crippen LogP contribution in [0.3, 0.4) is 0 Å². The van der Waals surface area contributed by atoms with Gasteiger partial charge in [0.2, 0.25) is 5.91 Å². The SMILES string of the molecule is CNc1ncc(C#Cc2ccc(CN3CCOC(C)C3)cc2)c2cc(NC(=O)C3CC3)ncc12. The zero-order valence-corrected chi connectivity index (χ0v) is 19.6. The largest absolute Gasteiger partial charge is 0.376 e. The van der Waals surface area contributed by atoms with E-state index in [0.717, 1.165) is 66.8 Å². The molecule has 0 spiro atoms. The van der Waals surface area contributed by atoms with Gasteiger partial charge in [-0.25, -0.2) is 9.97 Å². The van der Waals surface area contributed by atoms with Gasteiger partial charge in [0.25, 0.3) is 0 Å². The summed E-state index contributed by atoms with van der Waals surface area (Å²) >= 11 is 0. The molecule has 1 atom stereocenters. The first-order valence-electron chi connectivity index (χ1n) is 11.8. The molecule has 7 heteroatoms. The van der Waals surface area contributed by atoms with Gasteiger partial charge >= 0.3 is 0 Å². The first kappa shape index (κ1) is 22.3. The molecule has 0 radical (unpaired) electrons. The maximum Gasteiger partial charge on any atom is 0.228 e. The van der Waals surface area contributed by atoms with Crippen LogP contribution in [0.15, 0.2) is 42.7 Å². The molecule has 2 N–H and O–H groups in total. The number of fused-ring (bicyclic) bond motifs is 1. The molecule has 5 rings (SSSR count). The third-order valence-corrected chi connectivity index (χ3v) is 6.24. The van der Waals surface area contributed by atoms with E-state index < -0.39 is 0 Å². The van der Waals surface area contributed by atoms with Gasteiger partial charge in [0, 0.05) is 61.3 Å². The second-order valence-electron chi connectivity index (χ2n) is 9.01. The van der Waals surface area contributed by atoms with Crippen LogP contribution in [0.25, 0.3) is 10.8 Å². The molecule has 1 amide bonds. The van der Waals surface area contributed by atoms with Crippen LogP contribution in [0, 0.1) is 17.8 Å². The first-order chi connectivity index (χ1) is 16.6. The number of nitrogens with one attached hydrogen (secondary N) is 2. The Labute approximate surface area is 199 Å². The Hall–Kier alpha value is -3.47. The van der Waals surface area contributed by atoms with Crippen LogP contribution < -0.4 is 10.6 Å². The van der Waals surface area contributed by atoms with Gasteiger partial charge in [0.15, 0.2) is 0 Å². The Morgan fingerprint density at radius 3 is 2.71 bits per heavy atom. The second-order valence-corrected chi connectivity index (χ2v) is 9.01. The predicted octanol–water partition coefficient (Wildman–Crippen LogP) is 3.64. The molecule has 3 heterocycles. The highest BCUT2D eigenvalue weighted by molar-refractivity contribution is 5.99. The summed E-state index contributed by atoms with van der Waals surface area (Å²) in [6.45, 7) is 5.76. The standard InChI is InChI=1S/C27H29N5O2/c1-18-16-32(11-12-34-18)17-20-5-3-19(4-6-20)7-8-22-14-30-26(28-2)24-15-29-25(13-23(22)24)31-27(33)21-9-10-21/h3-6,13-15,18,21H,9-12,16-17H2,1-2H3,(H,28,30)(H,29,31,33). The molecule has 3 aromatic rings. The fraction of sp³-hybridized carbons (Fsp3) is 0.370. The number of nitrogens with zero attached hydrogens (tertiary/aromatic N) is 3. The molecule has 7 nitrogen and oxygen atoms in total. The summed E-state index contributed by atoms with van der Waals surface area (Å²) in [5.41, 5.74) is 3.01. The number of rotatable bonds is 5. The monoisotopic (exact) mass is 455 g/mol. The Bertz CT molecular complexity index is 1260. The summed E-state index contributed by atoms with van der Waals surface area (Å²) in [5, 5.41) is 7.81. The summed E-state index contributed by atoms with van der Waals surface area (Å²) in [7, 11) is 1.83. The lowest BCUT2D eigenvalue weighted by molar-refractivity contribution is -0.117. The van der Waals surface area contributed by atoms with Crippen LogP contribution >= 0.6 is 0 Å².